The molecular weight excluding hydrogens is 276 g/mol. The third-order valence-corrected chi connectivity index (χ3v) is 4.40. The van der Waals surface area contributed by atoms with Crippen molar-refractivity contribution in [3.05, 3.63) is 36.0 Å². The topological polar surface area (TPSA) is 42.4 Å². The van der Waals surface area contributed by atoms with E-state index in [0.29, 0.717) is 13.2 Å². The number of aromatic nitrogens is 1. The first kappa shape index (κ1) is 14.8. The molecule has 3 rings (SSSR count). The second-order valence-electron chi connectivity index (χ2n) is 6.25. The van der Waals surface area contributed by atoms with Crippen LogP contribution in [-0.4, -0.2) is 30.6 Å². The highest BCUT2D eigenvalue weighted by Crippen LogP contribution is 2.37. The average Bonchev–Trinajstić information content (AvgIpc) is 2.90. The van der Waals surface area contributed by atoms with E-state index in [4.69, 9.17) is 4.74 Å². The zero-order valence-electron chi connectivity index (χ0n) is 13.4. The van der Waals surface area contributed by atoms with Gasteiger partial charge in [0.1, 0.15) is 0 Å². The normalized spacial score (nSPS) is 21.3. The molecule has 0 saturated carbocycles. The van der Waals surface area contributed by atoms with E-state index < -0.39 is 5.41 Å². The number of pyridine rings is 1. The smallest absolute Gasteiger partial charge is 0.313 e. The monoisotopic (exact) mass is 298 g/mol. The summed E-state index contributed by atoms with van der Waals surface area (Å²) >= 11 is 0. The molecular formula is C18H22N2O2. The van der Waals surface area contributed by atoms with E-state index in [1.807, 2.05) is 39.0 Å². The molecule has 1 atom stereocenters. The summed E-state index contributed by atoms with van der Waals surface area (Å²) in [7, 11) is 0. The first-order chi connectivity index (χ1) is 10.5. The SMILES string of the molecule is CCOC(=O)C1(C)CCN(c2cc(C)nc3ccccc23)C1. The molecule has 1 unspecified atom stereocenters. The van der Waals surface area contributed by atoms with Crippen LogP contribution in [0.4, 0.5) is 5.69 Å². The van der Waals surface area contributed by atoms with Gasteiger partial charge in [0, 0.05) is 29.9 Å². The number of esters is 1. The molecule has 1 aliphatic rings. The van der Waals surface area contributed by atoms with Crippen molar-refractivity contribution in [3.63, 3.8) is 0 Å². The van der Waals surface area contributed by atoms with E-state index in [0.717, 1.165) is 35.2 Å². The van der Waals surface area contributed by atoms with Gasteiger partial charge in [-0.1, -0.05) is 18.2 Å². The molecule has 1 saturated heterocycles. The van der Waals surface area contributed by atoms with Crippen molar-refractivity contribution < 1.29 is 9.53 Å². The van der Waals surface area contributed by atoms with Gasteiger partial charge in [0.2, 0.25) is 0 Å². The second-order valence-corrected chi connectivity index (χ2v) is 6.25. The third kappa shape index (κ3) is 2.54. The molecule has 1 aromatic heterocycles. The fourth-order valence-electron chi connectivity index (χ4n) is 3.19. The van der Waals surface area contributed by atoms with E-state index in [-0.39, 0.29) is 5.97 Å². The molecule has 0 aliphatic carbocycles. The van der Waals surface area contributed by atoms with Crippen LogP contribution in [0, 0.1) is 12.3 Å². The van der Waals surface area contributed by atoms with E-state index in [1.54, 1.807) is 0 Å². The fraction of sp³-hybridized carbons (Fsp3) is 0.444. The summed E-state index contributed by atoms with van der Waals surface area (Å²) in [5.41, 5.74) is 2.74. The van der Waals surface area contributed by atoms with E-state index >= 15 is 0 Å². The van der Waals surface area contributed by atoms with Gasteiger partial charge in [0.05, 0.1) is 17.5 Å². The Balaban J connectivity index is 1.95. The van der Waals surface area contributed by atoms with Crippen molar-refractivity contribution in [1.29, 1.82) is 0 Å². The summed E-state index contributed by atoms with van der Waals surface area (Å²) in [6.45, 7) is 7.86. The van der Waals surface area contributed by atoms with Crippen LogP contribution in [-0.2, 0) is 9.53 Å². The van der Waals surface area contributed by atoms with Gasteiger partial charge < -0.3 is 9.64 Å². The Kier molecular flexibility index (Phi) is 3.77. The maximum absolute atomic E-state index is 12.2. The van der Waals surface area contributed by atoms with Gasteiger partial charge in [-0.3, -0.25) is 9.78 Å². The summed E-state index contributed by atoms with van der Waals surface area (Å²) in [4.78, 5) is 19.1. The predicted molar refractivity (Wildman–Crippen MR) is 88.1 cm³/mol. The first-order valence-electron chi connectivity index (χ1n) is 7.82. The number of fused-ring (bicyclic) bond motifs is 1. The fourth-order valence-corrected chi connectivity index (χ4v) is 3.19. The van der Waals surface area contributed by atoms with Gasteiger partial charge >= 0.3 is 5.97 Å². The van der Waals surface area contributed by atoms with Crippen molar-refractivity contribution in [2.45, 2.75) is 27.2 Å². The van der Waals surface area contributed by atoms with Crippen LogP contribution in [0.15, 0.2) is 30.3 Å². The highest BCUT2D eigenvalue weighted by molar-refractivity contribution is 5.92. The molecule has 4 heteroatoms. The summed E-state index contributed by atoms with van der Waals surface area (Å²) in [6, 6.07) is 10.3. The molecule has 1 aromatic carbocycles. The van der Waals surface area contributed by atoms with E-state index in [1.165, 1.54) is 0 Å². The number of para-hydroxylation sites is 1. The first-order valence-corrected chi connectivity index (χ1v) is 7.82. The maximum atomic E-state index is 12.2. The average molecular weight is 298 g/mol. The van der Waals surface area contributed by atoms with E-state index in [2.05, 4.69) is 22.0 Å². The second kappa shape index (κ2) is 5.59. The molecule has 0 N–H and O–H groups in total. The number of aryl methyl sites for hydroxylation is 1. The zero-order chi connectivity index (χ0) is 15.7. The summed E-state index contributed by atoms with van der Waals surface area (Å²) in [6.07, 6.45) is 0.821. The molecule has 116 valence electrons. The number of hydrogen-bond acceptors (Lipinski definition) is 4. The number of carbonyl (C=O) groups is 1. The quantitative estimate of drug-likeness (QED) is 0.815. The summed E-state index contributed by atoms with van der Waals surface area (Å²) < 4.78 is 5.25. The Bertz CT molecular complexity index is 713. The number of benzene rings is 1. The molecule has 0 bridgehead atoms. The van der Waals surface area contributed by atoms with Gasteiger partial charge in [-0.2, -0.15) is 0 Å². The van der Waals surface area contributed by atoms with Crippen molar-refractivity contribution in [2.24, 2.45) is 5.41 Å². The Morgan fingerprint density at radius 1 is 1.41 bits per heavy atom. The van der Waals surface area contributed by atoms with Crippen LogP contribution in [0.25, 0.3) is 10.9 Å². The molecule has 1 fully saturated rings. The van der Waals surface area contributed by atoms with Gasteiger partial charge in [0.15, 0.2) is 0 Å². The van der Waals surface area contributed by atoms with Crippen molar-refractivity contribution in [2.75, 3.05) is 24.6 Å². The van der Waals surface area contributed by atoms with Crippen LogP contribution < -0.4 is 4.90 Å². The Morgan fingerprint density at radius 3 is 2.95 bits per heavy atom. The van der Waals surface area contributed by atoms with Crippen molar-refractivity contribution >= 4 is 22.6 Å². The Morgan fingerprint density at radius 2 is 2.18 bits per heavy atom. The predicted octanol–water partition coefficient (Wildman–Crippen LogP) is 3.32. The van der Waals surface area contributed by atoms with Crippen LogP contribution in [0.2, 0.25) is 0 Å². The van der Waals surface area contributed by atoms with Gasteiger partial charge in [-0.15, -0.1) is 0 Å². The number of carbonyl (C=O) groups excluding carboxylic acids is 1. The molecule has 0 amide bonds. The molecule has 4 nitrogen and oxygen atoms in total. The van der Waals surface area contributed by atoms with Gasteiger partial charge in [-0.25, -0.2) is 0 Å². The van der Waals surface area contributed by atoms with Crippen LogP contribution >= 0.6 is 0 Å². The number of rotatable bonds is 3. The molecule has 0 spiro atoms. The molecule has 1 aliphatic heterocycles. The lowest BCUT2D eigenvalue weighted by Gasteiger charge is -2.24. The van der Waals surface area contributed by atoms with E-state index in [9.17, 15) is 4.79 Å². The van der Waals surface area contributed by atoms with Crippen LogP contribution in [0.3, 0.4) is 0 Å². The highest BCUT2D eigenvalue weighted by Gasteiger charge is 2.42. The number of ether oxygens (including phenoxy) is 1. The van der Waals surface area contributed by atoms with Gasteiger partial charge in [-0.05, 0) is 39.3 Å². The largest absolute Gasteiger partial charge is 0.466 e. The van der Waals surface area contributed by atoms with Crippen LogP contribution in [0.5, 0.6) is 0 Å². The lowest BCUT2D eigenvalue weighted by atomic mass is 9.90. The number of nitrogens with zero attached hydrogens (tertiary/aromatic N) is 2. The minimum absolute atomic E-state index is 0.0902. The minimum Gasteiger partial charge on any atom is -0.466 e. The molecule has 22 heavy (non-hydrogen) atoms. The minimum atomic E-state index is -0.422. The lowest BCUT2D eigenvalue weighted by molar-refractivity contribution is -0.153. The highest BCUT2D eigenvalue weighted by atomic mass is 16.5. The van der Waals surface area contributed by atoms with Crippen molar-refractivity contribution in [3.8, 4) is 0 Å². The molecule has 0 radical (unpaired) electrons. The standard InChI is InChI=1S/C18H22N2O2/c1-4-22-17(21)18(3)9-10-20(12-18)16-11-13(2)19-15-8-6-5-7-14(15)16/h5-8,11H,4,9-10,12H2,1-3H3. The van der Waals surface area contributed by atoms with Gasteiger partial charge in [0.25, 0.3) is 0 Å². The van der Waals surface area contributed by atoms with Crippen molar-refractivity contribution in [1.82, 2.24) is 4.98 Å². The Labute approximate surface area is 131 Å². The lowest BCUT2D eigenvalue weighted by Crippen LogP contribution is -2.33. The summed E-state index contributed by atoms with van der Waals surface area (Å²) in [5.74, 6) is -0.0902. The molecule has 2 heterocycles. The number of anilines is 1. The maximum Gasteiger partial charge on any atom is 0.313 e. The Hall–Kier alpha value is -2.10. The number of hydrogen-bond donors (Lipinski definition) is 0. The van der Waals surface area contributed by atoms with Crippen LogP contribution in [0.1, 0.15) is 26.0 Å². The zero-order valence-corrected chi connectivity index (χ0v) is 13.4. The molecule has 2 aromatic rings. The third-order valence-electron chi connectivity index (χ3n) is 4.40. The summed E-state index contributed by atoms with van der Waals surface area (Å²) in [5, 5.41) is 1.14.